The molecule has 0 unspecified atom stereocenters. The van der Waals surface area contributed by atoms with E-state index in [1.807, 2.05) is 12.1 Å². The Kier molecular flexibility index (Phi) is 3.96. The first-order chi connectivity index (χ1) is 7.75. The molecule has 3 nitrogen and oxygen atoms in total. The summed E-state index contributed by atoms with van der Waals surface area (Å²) in [5.41, 5.74) is 0.682. The molecule has 1 aromatic carbocycles. The second-order valence-corrected chi connectivity index (χ2v) is 4.77. The van der Waals surface area contributed by atoms with Crippen LogP contribution in [-0.2, 0) is 4.74 Å². The van der Waals surface area contributed by atoms with E-state index in [2.05, 4.69) is 21.2 Å². The summed E-state index contributed by atoms with van der Waals surface area (Å²) in [6.45, 7) is 1.42. The van der Waals surface area contributed by atoms with E-state index in [0.29, 0.717) is 12.1 Å². The largest absolute Gasteiger partial charge is 0.376 e. The van der Waals surface area contributed by atoms with E-state index in [0.717, 1.165) is 23.9 Å². The summed E-state index contributed by atoms with van der Waals surface area (Å²) < 4.78 is 6.41. The highest BCUT2D eigenvalue weighted by Gasteiger charge is 2.16. The second-order valence-electron chi connectivity index (χ2n) is 3.85. The van der Waals surface area contributed by atoms with Crippen molar-refractivity contribution in [3.8, 4) is 0 Å². The Hall–Kier alpha value is -0.870. The lowest BCUT2D eigenvalue weighted by Crippen LogP contribution is -2.31. The second kappa shape index (κ2) is 5.46. The van der Waals surface area contributed by atoms with Crippen molar-refractivity contribution in [2.45, 2.75) is 18.9 Å². The molecule has 4 heteroatoms. The summed E-state index contributed by atoms with van der Waals surface area (Å²) in [4.78, 5) is 11.7. The molecule has 0 radical (unpaired) electrons. The lowest BCUT2D eigenvalue weighted by atomic mass is 10.2. The van der Waals surface area contributed by atoms with Gasteiger partial charge in [-0.05, 0) is 37.1 Å². The smallest absolute Gasteiger partial charge is 0.251 e. The Labute approximate surface area is 103 Å². The number of carbonyl (C=O) groups is 1. The van der Waals surface area contributed by atoms with Gasteiger partial charge in [-0.25, -0.2) is 0 Å². The Morgan fingerprint density at radius 3 is 2.81 bits per heavy atom. The summed E-state index contributed by atoms with van der Waals surface area (Å²) in [6.07, 6.45) is 2.33. The number of carbonyl (C=O) groups excluding carboxylic acids is 1. The standard InChI is InChI=1S/C12H14BrNO2/c13-10-5-3-9(4-6-10)12(15)14-8-11-2-1-7-16-11/h3-6,11H,1-2,7-8H2,(H,14,15)/t11-/m1/s1. The molecule has 0 bridgehead atoms. The predicted octanol–water partition coefficient (Wildman–Crippen LogP) is 2.36. The quantitative estimate of drug-likeness (QED) is 0.925. The molecular weight excluding hydrogens is 270 g/mol. The van der Waals surface area contributed by atoms with Gasteiger partial charge in [0.1, 0.15) is 0 Å². The fourth-order valence-electron chi connectivity index (χ4n) is 1.72. The number of amides is 1. The maximum absolute atomic E-state index is 11.7. The van der Waals surface area contributed by atoms with Gasteiger partial charge in [0.15, 0.2) is 0 Å². The minimum Gasteiger partial charge on any atom is -0.376 e. The molecule has 0 saturated carbocycles. The molecular formula is C12H14BrNO2. The molecule has 1 atom stereocenters. The van der Waals surface area contributed by atoms with Crippen LogP contribution >= 0.6 is 15.9 Å². The first-order valence-electron chi connectivity index (χ1n) is 5.41. The minimum atomic E-state index is -0.0389. The zero-order valence-electron chi connectivity index (χ0n) is 8.91. The zero-order valence-corrected chi connectivity index (χ0v) is 10.5. The highest BCUT2D eigenvalue weighted by Crippen LogP contribution is 2.12. The fourth-order valence-corrected chi connectivity index (χ4v) is 1.98. The molecule has 1 amide bonds. The van der Waals surface area contributed by atoms with Crippen LogP contribution in [-0.4, -0.2) is 25.2 Å². The zero-order chi connectivity index (χ0) is 11.4. The Morgan fingerprint density at radius 2 is 2.19 bits per heavy atom. The normalized spacial score (nSPS) is 19.7. The van der Waals surface area contributed by atoms with Gasteiger partial charge < -0.3 is 10.1 Å². The molecule has 1 aliphatic rings. The first-order valence-corrected chi connectivity index (χ1v) is 6.20. The number of benzene rings is 1. The highest BCUT2D eigenvalue weighted by molar-refractivity contribution is 9.10. The van der Waals surface area contributed by atoms with Crippen LogP contribution in [0.15, 0.2) is 28.7 Å². The molecule has 1 saturated heterocycles. The molecule has 86 valence electrons. The van der Waals surface area contributed by atoms with Crippen LogP contribution < -0.4 is 5.32 Å². The highest BCUT2D eigenvalue weighted by atomic mass is 79.9. The lowest BCUT2D eigenvalue weighted by Gasteiger charge is -2.10. The van der Waals surface area contributed by atoms with Crippen molar-refractivity contribution in [2.24, 2.45) is 0 Å². The van der Waals surface area contributed by atoms with E-state index in [-0.39, 0.29) is 12.0 Å². The van der Waals surface area contributed by atoms with E-state index in [1.165, 1.54) is 0 Å². The number of nitrogens with one attached hydrogen (secondary N) is 1. The number of rotatable bonds is 3. The molecule has 0 aliphatic carbocycles. The van der Waals surface area contributed by atoms with Gasteiger partial charge in [0.05, 0.1) is 6.10 Å². The van der Waals surface area contributed by atoms with E-state index in [1.54, 1.807) is 12.1 Å². The third kappa shape index (κ3) is 3.06. The van der Waals surface area contributed by atoms with Gasteiger partial charge in [0, 0.05) is 23.2 Å². The minimum absolute atomic E-state index is 0.0389. The molecule has 1 heterocycles. The maximum atomic E-state index is 11.7. The Bertz CT molecular complexity index is 358. The van der Waals surface area contributed by atoms with Crippen LogP contribution in [0.2, 0.25) is 0 Å². The molecule has 16 heavy (non-hydrogen) atoms. The maximum Gasteiger partial charge on any atom is 0.251 e. The monoisotopic (exact) mass is 283 g/mol. The molecule has 1 fully saturated rings. The van der Waals surface area contributed by atoms with E-state index in [4.69, 9.17) is 4.74 Å². The average molecular weight is 284 g/mol. The van der Waals surface area contributed by atoms with Crippen LogP contribution in [0.25, 0.3) is 0 Å². The van der Waals surface area contributed by atoms with Crippen molar-refractivity contribution in [2.75, 3.05) is 13.2 Å². The van der Waals surface area contributed by atoms with Crippen molar-refractivity contribution in [1.29, 1.82) is 0 Å². The van der Waals surface area contributed by atoms with Crippen molar-refractivity contribution < 1.29 is 9.53 Å². The van der Waals surface area contributed by atoms with Gasteiger partial charge in [-0.3, -0.25) is 4.79 Å². The van der Waals surface area contributed by atoms with Crippen LogP contribution in [0.3, 0.4) is 0 Å². The lowest BCUT2D eigenvalue weighted by molar-refractivity contribution is 0.0858. The third-order valence-corrected chi connectivity index (χ3v) is 3.15. The van der Waals surface area contributed by atoms with Gasteiger partial charge >= 0.3 is 0 Å². The van der Waals surface area contributed by atoms with Crippen molar-refractivity contribution in [3.63, 3.8) is 0 Å². The summed E-state index contributed by atoms with van der Waals surface area (Å²) >= 11 is 3.34. The molecule has 0 aromatic heterocycles. The molecule has 1 aliphatic heterocycles. The van der Waals surface area contributed by atoms with E-state index >= 15 is 0 Å². The SMILES string of the molecule is O=C(NC[C@H]1CCCO1)c1ccc(Br)cc1. The van der Waals surface area contributed by atoms with E-state index < -0.39 is 0 Å². The molecule has 0 spiro atoms. The summed E-state index contributed by atoms with van der Waals surface area (Å²) in [7, 11) is 0. The summed E-state index contributed by atoms with van der Waals surface area (Å²) in [5, 5.41) is 2.88. The molecule has 1 N–H and O–H groups in total. The van der Waals surface area contributed by atoms with Gasteiger partial charge in [0.25, 0.3) is 5.91 Å². The van der Waals surface area contributed by atoms with Gasteiger partial charge in [0.2, 0.25) is 0 Å². The van der Waals surface area contributed by atoms with Crippen molar-refractivity contribution in [3.05, 3.63) is 34.3 Å². The average Bonchev–Trinajstić information content (AvgIpc) is 2.80. The van der Waals surface area contributed by atoms with Crippen LogP contribution in [0.4, 0.5) is 0 Å². The third-order valence-electron chi connectivity index (χ3n) is 2.62. The van der Waals surface area contributed by atoms with Gasteiger partial charge in [-0.15, -0.1) is 0 Å². The number of ether oxygens (including phenoxy) is 1. The number of hydrogen-bond acceptors (Lipinski definition) is 2. The van der Waals surface area contributed by atoms with Gasteiger partial charge in [-0.2, -0.15) is 0 Å². The topological polar surface area (TPSA) is 38.3 Å². The molecule has 1 aromatic rings. The first kappa shape index (κ1) is 11.6. The number of hydrogen-bond donors (Lipinski definition) is 1. The van der Waals surface area contributed by atoms with Crippen LogP contribution in [0.1, 0.15) is 23.2 Å². The van der Waals surface area contributed by atoms with Crippen LogP contribution in [0.5, 0.6) is 0 Å². The van der Waals surface area contributed by atoms with Gasteiger partial charge in [-0.1, -0.05) is 15.9 Å². The fraction of sp³-hybridized carbons (Fsp3) is 0.417. The summed E-state index contributed by atoms with van der Waals surface area (Å²) in [6, 6.07) is 7.33. The Balaban J connectivity index is 1.85. The van der Waals surface area contributed by atoms with Crippen molar-refractivity contribution >= 4 is 21.8 Å². The molecule has 2 rings (SSSR count). The predicted molar refractivity (Wildman–Crippen MR) is 65.4 cm³/mol. The van der Waals surface area contributed by atoms with E-state index in [9.17, 15) is 4.79 Å². The number of halogens is 1. The van der Waals surface area contributed by atoms with Crippen molar-refractivity contribution in [1.82, 2.24) is 5.32 Å². The Morgan fingerprint density at radius 1 is 1.44 bits per heavy atom. The summed E-state index contributed by atoms with van der Waals surface area (Å²) in [5.74, 6) is -0.0389. The van der Waals surface area contributed by atoms with Crippen LogP contribution in [0, 0.1) is 0 Å².